The van der Waals surface area contributed by atoms with E-state index in [1.165, 1.54) is 0 Å². The van der Waals surface area contributed by atoms with E-state index in [0.29, 0.717) is 0 Å². The van der Waals surface area contributed by atoms with Crippen LogP contribution in [0.1, 0.15) is 25.7 Å². The summed E-state index contributed by atoms with van der Waals surface area (Å²) in [6.07, 6.45) is -3.49. The first-order chi connectivity index (χ1) is 10.6. The first kappa shape index (κ1) is 16.1. The molecule has 0 spiro atoms. The maximum Gasteiger partial charge on any atom is 0.287 e. The Morgan fingerprint density at radius 3 is 1.09 bits per heavy atom. The quantitative estimate of drug-likeness (QED) is 0.339. The van der Waals surface area contributed by atoms with Crippen molar-refractivity contribution in [3.8, 4) is 0 Å². The fourth-order valence-corrected chi connectivity index (χ4v) is 8.45. The van der Waals surface area contributed by atoms with Crippen molar-refractivity contribution in [3.05, 3.63) is 0 Å². The first-order valence-corrected chi connectivity index (χ1v) is 11.4. The molecular formula is C8H16N6O6S3. The van der Waals surface area contributed by atoms with Crippen molar-refractivity contribution in [2.45, 2.75) is 50.3 Å². The largest absolute Gasteiger partial charge is 0.287 e. The monoisotopic (exact) mass is 388 g/mol. The SMILES string of the molecule is O=S1(=O)N[C@H]2CC[C@H]3NS(=O)(=O)N[C@H]4CC[C@@H](N1)N4S(=O)(=O)N23. The molecule has 0 aromatic heterocycles. The summed E-state index contributed by atoms with van der Waals surface area (Å²) in [6.45, 7) is 0. The van der Waals surface area contributed by atoms with E-state index in [9.17, 15) is 25.3 Å². The van der Waals surface area contributed by atoms with Gasteiger partial charge in [0.1, 0.15) is 0 Å². The van der Waals surface area contributed by atoms with Crippen LogP contribution in [0.25, 0.3) is 0 Å². The van der Waals surface area contributed by atoms with E-state index in [2.05, 4.69) is 18.9 Å². The molecule has 4 aliphatic heterocycles. The highest BCUT2D eigenvalue weighted by Crippen LogP contribution is 2.35. The molecule has 0 amide bonds. The third-order valence-electron chi connectivity index (χ3n) is 4.35. The number of hydrogen-bond donors (Lipinski definition) is 4. The van der Waals surface area contributed by atoms with Crippen LogP contribution in [0.3, 0.4) is 0 Å². The molecule has 4 saturated heterocycles. The molecular weight excluding hydrogens is 372 g/mol. The van der Waals surface area contributed by atoms with Crippen molar-refractivity contribution >= 4 is 30.6 Å². The second kappa shape index (κ2) is 4.83. The summed E-state index contributed by atoms with van der Waals surface area (Å²) in [5.74, 6) is 0. The molecule has 0 aromatic rings. The number of nitrogens with zero attached hydrogens (tertiary/aromatic N) is 2. The predicted molar refractivity (Wildman–Crippen MR) is 76.6 cm³/mol. The van der Waals surface area contributed by atoms with Crippen LogP contribution in [0, 0.1) is 0 Å². The maximum absolute atomic E-state index is 13.0. The van der Waals surface area contributed by atoms with Gasteiger partial charge in [-0.25, -0.2) is 0 Å². The Bertz CT molecular complexity index is 736. The van der Waals surface area contributed by atoms with Crippen LogP contribution in [0.2, 0.25) is 0 Å². The lowest BCUT2D eigenvalue weighted by Gasteiger charge is -2.41. The van der Waals surface area contributed by atoms with Gasteiger partial charge in [0.05, 0.1) is 24.7 Å². The molecule has 0 aromatic carbocycles. The van der Waals surface area contributed by atoms with E-state index in [1.54, 1.807) is 0 Å². The molecule has 23 heavy (non-hydrogen) atoms. The maximum atomic E-state index is 13.0. The normalized spacial score (nSPS) is 44.9. The van der Waals surface area contributed by atoms with Crippen molar-refractivity contribution in [3.63, 3.8) is 0 Å². The molecule has 0 saturated carbocycles. The van der Waals surface area contributed by atoms with E-state index in [4.69, 9.17) is 0 Å². The van der Waals surface area contributed by atoms with Crippen LogP contribution in [-0.4, -0.2) is 58.5 Å². The summed E-state index contributed by atoms with van der Waals surface area (Å²) < 4.78 is 85.5. The highest BCUT2D eigenvalue weighted by Gasteiger charge is 2.56. The van der Waals surface area contributed by atoms with Crippen LogP contribution < -0.4 is 18.9 Å². The molecule has 4 fully saturated rings. The predicted octanol–water partition coefficient (Wildman–Crippen LogP) is -3.40. The topological polar surface area (TPSA) is 157 Å². The molecule has 0 radical (unpaired) electrons. The first-order valence-electron chi connectivity index (χ1n) is 7.00. The lowest BCUT2D eigenvalue weighted by molar-refractivity contribution is 0.213. The zero-order valence-corrected chi connectivity index (χ0v) is 14.2. The third kappa shape index (κ3) is 2.50. The minimum atomic E-state index is -4.07. The van der Waals surface area contributed by atoms with Crippen molar-refractivity contribution in [2.75, 3.05) is 0 Å². The van der Waals surface area contributed by atoms with Crippen LogP contribution in [0.5, 0.6) is 0 Å². The van der Waals surface area contributed by atoms with Gasteiger partial charge < -0.3 is 0 Å². The molecule has 4 N–H and O–H groups in total. The Labute approximate surface area is 134 Å². The Balaban J connectivity index is 1.91. The van der Waals surface area contributed by atoms with Crippen LogP contribution in [-0.2, 0) is 30.6 Å². The smallest absolute Gasteiger partial charge is 0.195 e. The molecule has 0 aliphatic carbocycles. The van der Waals surface area contributed by atoms with Gasteiger partial charge in [0.25, 0.3) is 30.6 Å². The summed E-state index contributed by atoms with van der Waals surface area (Å²) in [5.41, 5.74) is 0. The number of hydrogen-bond acceptors (Lipinski definition) is 6. The molecule has 4 atom stereocenters. The highest BCUT2D eigenvalue weighted by molar-refractivity contribution is 7.89. The molecule has 12 nitrogen and oxygen atoms in total. The van der Waals surface area contributed by atoms with Gasteiger partial charge in [-0.2, -0.15) is 52.8 Å². The van der Waals surface area contributed by atoms with E-state index >= 15 is 0 Å². The minimum Gasteiger partial charge on any atom is -0.195 e. The van der Waals surface area contributed by atoms with Crippen molar-refractivity contribution < 1.29 is 25.3 Å². The summed E-state index contributed by atoms with van der Waals surface area (Å²) in [6, 6.07) is 0. The minimum absolute atomic E-state index is 0.163. The van der Waals surface area contributed by atoms with E-state index in [-0.39, 0.29) is 25.7 Å². The van der Waals surface area contributed by atoms with Gasteiger partial charge >= 0.3 is 0 Å². The van der Waals surface area contributed by atoms with E-state index in [1.807, 2.05) is 0 Å². The lowest BCUT2D eigenvalue weighted by atomic mass is 10.3. The van der Waals surface area contributed by atoms with Gasteiger partial charge in [0, 0.05) is 0 Å². The van der Waals surface area contributed by atoms with Crippen molar-refractivity contribution in [1.82, 2.24) is 27.5 Å². The Hall–Kier alpha value is -0.390. The zero-order valence-electron chi connectivity index (χ0n) is 11.7. The Kier molecular flexibility index (Phi) is 3.38. The summed E-state index contributed by atoms with van der Waals surface area (Å²) in [4.78, 5) is 0. The average Bonchev–Trinajstić information content (AvgIpc) is 2.90. The van der Waals surface area contributed by atoms with Crippen molar-refractivity contribution in [2.24, 2.45) is 0 Å². The average molecular weight is 388 g/mol. The zero-order chi connectivity index (χ0) is 16.6. The van der Waals surface area contributed by atoms with Crippen LogP contribution in [0.15, 0.2) is 0 Å². The van der Waals surface area contributed by atoms with Gasteiger partial charge in [-0.3, -0.25) is 0 Å². The van der Waals surface area contributed by atoms with Crippen LogP contribution in [0.4, 0.5) is 0 Å². The number of rotatable bonds is 0. The van der Waals surface area contributed by atoms with Gasteiger partial charge in [-0.05, 0) is 25.7 Å². The number of nitrogens with one attached hydrogen (secondary N) is 4. The van der Waals surface area contributed by atoms with Gasteiger partial charge in [0.15, 0.2) is 0 Å². The summed E-state index contributed by atoms with van der Waals surface area (Å²) in [7, 11) is -11.9. The fourth-order valence-electron chi connectivity index (χ4n) is 3.55. The second-order valence-electron chi connectivity index (χ2n) is 5.86. The molecule has 4 rings (SSSR count). The fraction of sp³-hybridized carbons (Fsp3) is 1.00. The lowest BCUT2D eigenvalue weighted by Crippen LogP contribution is -2.70. The van der Waals surface area contributed by atoms with Gasteiger partial charge in [0.2, 0.25) is 0 Å². The standard InChI is InChI=1S/C8H16N6O6S3/c15-21(16)9-5-1-2-6-10-22(17,18)12-8-4-3-7(11-21)14(8)23(19,20)13(5)6/h5-12H,1-4H2/t5-,6+,7+,8-. The van der Waals surface area contributed by atoms with Crippen molar-refractivity contribution in [1.29, 1.82) is 0 Å². The van der Waals surface area contributed by atoms with E-state index in [0.717, 1.165) is 8.61 Å². The molecule has 4 aliphatic rings. The Morgan fingerprint density at radius 2 is 0.826 bits per heavy atom. The molecule has 0 unspecified atom stereocenters. The summed E-state index contributed by atoms with van der Waals surface area (Å²) in [5, 5.41) is 0. The molecule has 15 heteroatoms. The molecule has 132 valence electrons. The van der Waals surface area contributed by atoms with Crippen LogP contribution >= 0.6 is 0 Å². The molecule has 4 heterocycles. The van der Waals surface area contributed by atoms with E-state index < -0.39 is 55.3 Å². The highest BCUT2D eigenvalue weighted by atomic mass is 32.2. The third-order valence-corrected chi connectivity index (χ3v) is 8.77. The van der Waals surface area contributed by atoms with Gasteiger partial charge in [-0.15, -0.1) is 0 Å². The molecule has 2 bridgehead atoms. The Morgan fingerprint density at radius 1 is 0.565 bits per heavy atom. The summed E-state index contributed by atoms with van der Waals surface area (Å²) >= 11 is 0. The van der Waals surface area contributed by atoms with Gasteiger partial charge in [-0.1, -0.05) is 0 Å². The second-order valence-corrected chi connectivity index (χ2v) is 10.6.